The van der Waals surface area contributed by atoms with Gasteiger partial charge < -0.3 is 10.5 Å². The van der Waals surface area contributed by atoms with Crippen LogP contribution in [0.25, 0.3) is 11.0 Å². The van der Waals surface area contributed by atoms with E-state index in [0.29, 0.717) is 10.5 Å². The molecule has 0 radical (unpaired) electrons. The van der Waals surface area contributed by atoms with Crippen molar-refractivity contribution in [3.05, 3.63) is 50.5 Å². The highest BCUT2D eigenvalue weighted by Gasteiger charge is 2.15. The minimum atomic E-state index is -0.439. The lowest BCUT2D eigenvalue weighted by Crippen LogP contribution is -2.17. The molecule has 2 aromatic heterocycles. The van der Waals surface area contributed by atoms with Crippen LogP contribution in [0, 0.1) is 6.92 Å². The maximum atomic E-state index is 12.1. The number of aromatic nitrogens is 3. The predicted molar refractivity (Wildman–Crippen MR) is 83.5 cm³/mol. The summed E-state index contributed by atoms with van der Waals surface area (Å²) in [6.07, 6.45) is 6.07. The molecule has 0 bridgehead atoms. The van der Waals surface area contributed by atoms with Crippen molar-refractivity contribution in [2.45, 2.75) is 6.92 Å². The van der Waals surface area contributed by atoms with Crippen molar-refractivity contribution in [2.24, 2.45) is 0 Å². The first kappa shape index (κ1) is 14.2. The first-order valence-electron chi connectivity index (χ1n) is 6.35. The molecule has 0 saturated carbocycles. The number of aryl methyl sites for hydroxylation is 1. The third kappa shape index (κ3) is 2.33. The molecule has 2 aromatic rings. The summed E-state index contributed by atoms with van der Waals surface area (Å²) in [5.41, 5.74) is 6.43. The van der Waals surface area contributed by atoms with Crippen LogP contribution in [-0.4, -0.2) is 27.5 Å². The number of rotatable bonds is 2. The van der Waals surface area contributed by atoms with Gasteiger partial charge in [0.15, 0.2) is 5.76 Å². The van der Waals surface area contributed by atoms with Crippen LogP contribution in [0.1, 0.15) is 10.6 Å². The second kappa shape index (κ2) is 5.23. The highest BCUT2D eigenvalue weighted by Crippen LogP contribution is 2.20. The molecule has 2 N–H and O–H groups in total. The fourth-order valence-electron chi connectivity index (χ4n) is 2.05. The van der Waals surface area contributed by atoms with Crippen molar-refractivity contribution in [2.75, 3.05) is 12.8 Å². The lowest BCUT2D eigenvalue weighted by molar-refractivity contribution is -0.114. The molecular weight excluding hydrogens is 304 g/mol. The van der Waals surface area contributed by atoms with Crippen molar-refractivity contribution in [1.29, 1.82) is 0 Å². The Bertz CT molecular complexity index is 933. The summed E-state index contributed by atoms with van der Waals surface area (Å²) in [5, 5.41) is 4.98. The minimum Gasteiger partial charge on any atom is -0.493 e. The number of allylic oxidation sites excluding steroid dienone is 4. The number of hydrogen-bond acceptors (Lipinski definition) is 7. The number of ketones is 1. The number of ether oxygens (including phenoxy) is 1. The Morgan fingerprint density at radius 1 is 1.36 bits per heavy atom. The second-order valence-corrected chi connectivity index (χ2v) is 5.75. The molecule has 2 heterocycles. The van der Waals surface area contributed by atoms with Crippen molar-refractivity contribution < 1.29 is 9.53 Å². The van der Waals surface area contributed by atoms with Crippen LogP contribution in [0.3, 0.4) is 0 Å². The average molecular weight is 316 g/mol. The zero-order valence-corrected chi connectivity index (χ0v) is 12.7. The van der Waals surface area contributed by atoms with Gasteiger partial charge >= 0.3 is 0 Å². The summed E-state index contributed by atoms with van der Waals surface area (Å²) in [4.78, 5) is 28.1. The molecule has 0 amide bonds. The van der Waals surface area contributed by atoms with Gasteiger partial charge in [-0.25, -0.2) is 0 Å². The van der Waals surface area contributed by atoms with Crippen LogP contribution in [0.15, 0.2) is 34.4 Å². The van der Waals surface area contributed by atoms with Crippen LogP contribution in [0.2, 0.25) is 0 Å². The number of nitrogens with zero attached hydrogens (tertiary/aromatic N) is 3. The Hall–Kier alpha value is -2.74. The molecule has 3 rings (SSSR count). The van der Waals surface area contributed by atoms with Crippen LogP contribution in [0.5, 0.6) is 0 Å². The molecular formula is C14H12N4O3S. The molecule has 0 aromatic carbocycles. The van der Waals surface area contributed by atoms with E-state index < -0.39 is 5.56 Å². The van der Waals surface area contributed by atoms with Gasteiger partial charge in [0.25, 0.3) is 5.56 Å². The van der Waals surface area contributed by atoms with Crippen molar-refractivity contribution in [1.82, 2.24) is 14.6 Å². The van der Waals surface area contributed by atoms with E-state index in [-0.39, 0.29) is 22.9 Å². The number of hydrogen-bond donors (Lipinski definition) is 1. The Morgan fingerprint density at radius 2 is 2.14 bits per heavy atom. The number of methoxy groups -OCH3 is 1. The first-order chi connectivity index (χ1) is 10.5. The van der Waals surface area contributed by atoms with E-state index in [2.05, 4.69) is 10.1 Å². The summed E-state index contributed by atoms with van der Waals surface area (Å²) < 4.78 is 6.42. The van der Waals surface area contributed by atoms with Gasteiger partial charge in [-0.2, -0.15) is 14.6 Å². The zero-order valence-electron chi connectivity index (χ0n) is 11.9. The highest BCUT2D eigenvalue weighted by atomic mass is 32.1. The number of nitrogen functional groups attached to an aromatic ring is 1. The fourth-order valence-corrected chi connectivity index (χ4v) is 2.79. The smallest absolute Gasteiger partial charge is 0.283 e. The third-order valence-corrected chi connectivity index (χ3v) is 3.92. The topological polar surface area (TPSA) is 99.6 Å². The summed E-state index contributed by atoms with van der Waals surface area (Å²) >= 11 is 1.29. The molecule has 1 aliphatic rings. The van der Waals surface area contributed by atoms with E-state index in [1.165, 1.54) is 29.0 Å². The Kier molecular flexibility index (Phi) is 3.38. The normalized spacial score (nSPS) is 16.4. The van der Waals surface area contributed by atoms with Gasteiger partial charge in [-0.15, -0.1) is 0 Å². The maximum absolute atomic E-state index is 12.1. The first-order valence-corrected chi connectivity index (χ1v) is 7.17. The monoisotopic (exact) mass is 316 g/mol. The van der Waals surface area contributed by atoms with E-state index in [0.717, 1.165) is 5.01 Å². The Balaban J connectivity index is 2.17. The SMILES string of the molecule is COC1=CC(=Cc2c(N)n3nc(C)sc3nc2=O)C=CC1=O. The van der Waals surface area contributed by atoms with Gasteiger partial charge in [-0.3, -0.25) is 9.59 Å². The predicted octanol–water partition coefficient (Wildman–Crippen LogP) is 1.09. The summed E-state index contributed by atoms with van der Waals surface area (Å²) in [6.45, 7) is 1.81. The Morgan fingerprint density at radius 3 is 2.86 bits per heavy atom. The van der Waals surface area contributed by atoms with Crippen LogP contribution >= 0.6 is 11.3 Å². The number of fused-ring (bicyclic) bond motifs is 1. The molecule has 1 aliphatic carbocycles. The Labute approximate surface area is 129 Å². The molecule has 0 fully saturated rings. The molecule has 0 saturated heterocycles. The lowest BCUT2D eigenvalue weighted by Gasteiger charge is -2.08. The average Bonchev–Trinajstić information content (AvgIpc) is 2.85. The molecule has 112 valence electrons. The zero-order chi connectivity index (χ0) is 15.9. The van der Waals surface area contributed by atoms with Crippen LogP contribution < -0.4 is 11.3 Å². The minimum absolute atomic E-state index is 0.200. The number of carbonyl (C=O) groups is 1. The van der Waals surface area contributed by atoms with Gasteiger partial charge in [0.1, 0.15) is 10.8 Å². The largest absolute Gasteiger partial charge is 0.493 e. The summed E-state index contributed by atoms with van der Waals surface area (Å²) in [6, 6.07) is 0. The molecule has 0 spiro atoms. The van der Waals surface area contributed by atoms with Gasteiger partial charge in [0.2, 0.25) is 10.7 Å². The molecule has 0 atom stereocenters. The molecule has 8 heteroatoms. The third-order valence-electron chi connectivity index (χ3n) is 3.09. The van der Waals surface area contributed by atoms with Crippen molar-refractivity contribution in [3.63, 3.8) is 0 Å². The fraction of sp³-hybridized carbons (Fsp3) is 0.143. The summed E-state index contributed by atoms with van der Waals surface area (Å²) in [5.74, 6) is 0.184. The van der Waals surface area contributed by atoms with E-state index >= 15 is 0 Å². The molecule has 0 aliphatic heterocycles. The van der Waals surface area contributed by atoms with Crippen LogP contribution in [0.4, 0.5) is 5.82 Å². The summed E-state index contributed by atoms with van der Waals surface area (Å²) in [7, 11) is 1.41. The molecule has 22 heavy (non-hydrogen) atoms. The van der Waals surface area contributed by atoms with E-state index in [4.69, 9.17) is 10.5 Å². The van der Waals surface area contributed by atoms with Gasteiger partial charge in [0, 0.05) is 0 Å². The quantitative estimate of drug-likeness (QED) is 0.890. The highest BCUT2D eigenvalue weighted by molar-refractivity contribution is 7.16. The standard InChI is InChI=1S/C14H12N4O3S/c1-7-17-18-12(15)9(13(20)16-14(18)22-7)5-8-3-4-10(19)11(6-8)21-2/h3-6H,15H2,1-2H3. The van der Waals surface area contributed by atoms with Gasteiger partial charge in [-0.1, -0.05) is 17.4 Å². The number of nitrogens with two attached hydrogens (primary N) is 1. The number of anilines is 1. The molecule has 7 nitrogen and oxygen atoms in total. The second-order valence-electron chi connectivity index (χ2n) is 4.59. The maximum Gasteiger partial charge on any atom is 0.283 e. The van der Waals surface area contributed by atoms with Gasteiger partial charge in [0.05, 0.1) is 12.7 Å². The van der Waals surface area contributed by atoms with Crippen molar-refractivity contribution in [3.8, 4) is 0 Å². The lowest BCUT2D eigenvalue weighted by atomic mass is 10.0. The molecule has 0 unspecified atom stereocenters. The van der Waals surface area contributed by atoms with Crippen molar-refractivity contribution >= 4 is 34.0 Å². The number of carbonyl (C=O) groups excluding carboxylic acids is 1. The van der Waals surface area contributed by atoms with E-state index in [1.54, 1.807) is 18.2 Å². The van der Waals surface area contributed by atoms with E-state index in [1.807, 2.05) is 6.92 Å². The van der Waals surface area contributed by atoms with Crippen LogP contribution in [-0.2, 0) is 9.53 Å². The van der Waals surface area contributed by atoms with E-state index in [9.17, 15) is 9.59 Å². The van der Waals surface area contributed by atoms with Gasteiger partial charge in [-0.05, 0) is 30.7 Å².